The molecule has 0 N–H and O–H groups in total. The molecule has 1 aliphatic carbocycles. The van der Waals surface area contributed by atoms with Crippen LogP contribution in [-0.4, -0.2) is 18.4 Å². The average Bonchev–Trinajstić information content (AvgIpc) is 3.08. The van der Waals surface area contributed by atoms with Crippen LogP contribution in [0.15, 0.2) is 77.1 Å². The molecule has 5 heteroatoms. The molecule has 0 fully saturated rings. The van der Waals surface area contributed by atoms with E-state index in [1.807, 2.05) is 42.5 Å². The molecular formula is C25H22ClNO3. The molecule has 0 aromatic heterocycles. The molecule has 0 bridgehead atoms. The third kappa shape index (κ3) is 2.98. The Kier molecular flexibility index (Phi) is 4.37. The standard InChI is InChI=1S/C25H22ClNO3/c1-25(2)12-18-22(20(28)13-25)21(15-8-10-16(26)11-9-15)23-19(14-30-24(23)29)27(18)17-6-4-3-5-7-17/h3-11,21H,12-14H2,1-2H3. The topological polar surface area (TPSA) is 46.6 Å². The summed E-state index contributed by atoms with van der Waals surface area (Å²) in [6.45, 7) is 4.45. The second kappa shape index (κ2) is 6.85. The van der Waals surface area contributed by atoms with Crippen LogP contribution in [0.1, 0.15) is 38.2 Å². The van der Waals surface area contributed by atoms with E-state index in [4.69, 9.17) is 16.3 Å². The van der Waals surface area contributed by atoms with Crippen LogP contribution < -0.4 is 4.90 Å². The summed E-state index contributed by atoms with van der Waals surface area (Å²) < 4.78 is 5.50. The summed E-state index contributed by atoms with van der Waals surface area (Å²) >= 11 is 6.11. The van der Waals surface area contributed by atoms with Crippen molar-refractivity contribution in [3.05, 3.63) is 87.7 Å². The Morgan fingerprint density at radius 3 is 2.33 bits per heavy atom. The number of para-hydroxylation sites is 1. The van der Waals surface area contributed by atoms with Gasteiger partial charge in [-0.25, -0.2) is 4.79 Å². The van der Waals surface area contributed by atoms with Gasteiger partial charge in [0.1, 0.15) is 6.61 Å². The summed E-state index contributed by atoms with van der Waals surface area (Å²) in [6.07, 6.45) is 1.20. The molecule has 4 nitrogen and oxygen atoms in total. The zero-order chi connectivity index (χ0) is 21.0. The van der Waals surface area contributed by atoms with Crippen LogP contribution in [0.2, 0.25) is 5.02 Å². The summed E-state index contributed by atoms with van der Waals surface area (Å²) in [4.78, 5) is 28.4. The fourth-order valence-electron chi connectivity index (χ4n) is 4.89. The lowest BCUT2D eigenvalue weighted by Crippen LogP contribution is -2.40. The van der Waals surface area contributed by atoms with Crippen molar-refractivity contribution in [3.63, 3.8) is 0 Å². The Bertz CT molecular complexity index is 1110. The highest BCUT2D eigenvalue weighted by atomic mass is 35.5. The molecule has 30 heavy (non-hydrogen) atoms. The highest BCUT2D eigenvalue weighted by Crippen LogP contribution is 2.52. The molecule has 1 atom stereocenters. The van der Waals surface area contributed by atoms with Crippen molar-refractivity contribution in [2.45, 2.75) is 32.6 Å². The highest BCUT2D eigenvalue weighted by Gasteiger charge is 2.48. The molecule has 0 spiro atoms. The Morgan fingerprint density at radius 2 is 1.63 bits per heavy atom. The quantitative estimate of drug-likeness (QED) is 0.611. The van der Waals surface area contributed by atoms with E-state index in [1.165, 1.54) is 0 Å². The number of Topliss-reactive ketones (excluding diaryl/α,β-unsaturated/α-hetero) is 1. The van der Waals surface area contributed by atoms with Gasteiger partial charge in [0.15, 0.2) is 5.78 Å². The third-order valence-electron chi connectivity index (χ3n) is 6.10. The molecule has 0 saturated carbocycles. The lowest BCUT2D eigenvalue weighted by atomic mass is 9.68. The van der Waals surface area contributed by atoms with Crippen LogP contribution >= 0.6 is 11.6 Å². The maximum absolute atomic E-state index is 13.5. The monoisotopic (exact) mass is 419 g/mol. The van der Waals surface area contributed by atoms with Gasteiger partial charge in [-0.1, -0.05) is 55.8 Å². The summed E-state index contributed by atoms with van der Waals surface area (Å²) in [6, 6.07) is 17.3. The molecule has 1 unspecified atom stereocenters. The first kappa shape index (κ1) is 19.1. The Hall–Kier alpha value is -2.85. The van der Waals surface area contributed by atoms with Gasteiger partial charge in [-0.05, 0) is 41.7 Å². The molecular weight excluding hydrogens is 398 g/mol. The Morgan fingerprint density at radius 1 is 0.933 bits per heavy atom. The third-order valence-corrected chi connectivity index (χ3v) is 6.35. The van der Waals surface area contributed by atoms with E-state index in [0.29, 0.717) is 22.6 Å². The van der Waals surface area contributed by atoms with Crippen LogP contribution in [0, 0.1) is 5.41 Å². The van der Waals surface area contributed by atoms with Crippen LogP contribution in [0.25, 0.3) is 0 Å². The molecule has 0 amide bonds. The van der Waals surface area contributed by atoms with Crippen LogP contribution in [-0.2, 0) is 14.3 Å². The molecule has 0 saturated heterocycles. The number of ketones is 1. The lowest BCUT2D eigenvalue weighted by Gasteiger charge is -2.43. The Balaban J connectivity index is 1.79. The van der Waals surface area contributed by atoms with Crippen molar-refractivity contribution >= 4 is 29.0 Å². The molecule has 152 valence electrons. The highest BCUT2D eigenvalue weighted by molar-refractivity contribution is 6.30. The normalized spacial score (nSPS) is 22.8. The summed E-state index contributed by atoms with van der Waals surface area (Å²) in [5.74, 6) is -0.686. The SMILES string of the molecule is CC1(C)CC(=O)C2=C(C1)N(c1ccccc1)C1=C(C(=O)OC1)C2c1ccc(Cl)cc1. The number of esters is 1. The molecule has 5 rings (SSSR count). The smallest absolute Gasteiger partial charge is 0.337 e. The first-order chi connectivity index (χ1) is 14.4. The number of ether oxygens (including phenoxy) is 1. The number of hydrogen-bond donors (Lipinski definition) is 0. The van der Waals surface area contributed by atoms with Crippen molar-refractivity contribution < 1.29 is 14.3 Å². The molecule has 2 heterocycles. The minimum atomic E-state index is -0.425. The number of nitrogens with zero attached hydrogens (tertiary/aromatic N) is 1. The molecule has 2 aliphatic heterocycles. The maximum Gasteiger partial charge on any atom is 0.337 e. The van der Waals surface area contributed by atoms with E-state index >= 15 is 0 Å². The zero-order valence-corrected chi connectivity index (χ0v) is 17.7. The van der Waals surface area contributed by atoms with Crippen LogP contribution in [0.3, 0.4) is 0 Å². The van der Waals surface area contributed by atoms with Crippen molar-refractivity contribution in [2.75, 3.05) is 11.5 Å². The molecule has 2 aromatic carbocycles. The molecule has 0 radical (unpaired) electrons. The van der Waals surface area contributed by atoms with Gasteiger partial charge in [0, 0.05) is 34.3 Å². The minimum absolute atomic E-state index is 0.0911. The van der Waals surface area contributed by atoms with Gasteiger partial charge in [-0.15, -0.1) is 0 Å². The van der Waals surface area contributed by atoms with Crippen molar-refractivity contribution in [2.24, 2.45) is 5.41 Å². The number of carbonyl (C=O) groups excluding carboxylic acids is 2. The van der Waals surface area contributed by atoms with Gasteiger partial charge < -0.3 is 9.64 Å². The zero-order valence-electron chi connectivity index (χ0n) is 16.9. The predicted octanol–water partition coefficient (Wildman–Crippen LogP) is 5.40. The summed E-state index contributed by atoms with van der Waals surface area (Å²) in [5, 5.41) is 0.619. The number of hydrogen-bond acceptors (Lipinski definition) is 4. The predicted molar refractivity (Wildman–Crippen MR) is 116 cm³/mol. The number of rotatable bonds is 2. The van der Waals surface area contributed by atoms with Crippen molar-refractivity contribution in [1.29, 1.82) is 0 Å². The largest absolute Gasteiger partial charge is 0.456 e. The first-order valence-corrected chi connectivity index (χ1v) is 10.5. The van der Waals surface area contributed by atoms with E-state index in [1.54, 1.807) is 12.1 Å². The minimum Gasteiger partial charge on any atom is -0.456 e. The Labute approximate surface area is 180 Å². The fourth-order valence-corrected chi connectivity index (χ4v) is 5.02. The number of allylic oxidation sites excluding steroid dienone is 2. The number of cyclic esters (lactones) is 1. The number of halogens is 1. The van der Waals surface area contributed by atoms with Gasteiger partial charge in [0.25, 0.3) is 0 Å². The van der Waals surface area contributed by atoms with Crippen LogP contribution in [0.4, 0.5) is 5.69 Å². The van der Waals surface area contributed by atoms with Gasteiger partial charge in [0.05, 0.1) is 11.3 Å². The second-order valence-corrected chi connectivity index (χ2v) is 9.33. The summed E-state index contributed by atoms with van der Waals surface area (Å²) in [5.41, 5.74) is 4.74. The van der Waals surface area contributed by atoms with E-state index in [2.05, 4.69) is 18.7 Å². The summed E-state index contributed by atoms with van der Waals surface area (Å²) in [7, 11) is 0. The van der Waals surface area contributed by atoms with E-state index in [9.17, 15) is 9.59 Å². The van der Waals surface area contributed by atoms with E-state index in [0.717, 1.165) is 29.1 Å². The molecule has 3 aliphatic rings. The maximum atomic E-state index is 13.5. The van der Waals surface area contributed by atoms with E-state index < -0.39 is 5.92 Å². The lowest BCUT2D eigenvalue weighted by molar-refractivity contribution is -0.136. The van der Waals surface area contributed by atoms with Gasteiger partial charge >= 0.3 is 5.97 Å². The number of carbonyl (C=O) groups is 2. The number of benzene rings is 2. The van der Waals surface area contributed by atoms with Gasteiger partial charge in [-0.2, -0.15) is 0 Å². The fraction of sp³-hybridized carbons (Fsp3) is 0.280. The van der Waals surface area contributed by atoms with Gasteiger partial charge in [0.2, 0.25) is 0 Å². The average molecular weight is 420 g/mol. The number of anilines is 1. The first-order valence-electron chi connectivity index (χ1n) is 10.1. The van der Waals surface area contributed by atoms with Crippen molar-refractivity contribution in [1.82, 2.24) is 0 Å². The van der Waals surface area contributed by atoms with E-state index in [-0.39, 0.29) is 23.8 Å². The molecule has 2 aromatic rings. The van der Waals surface area contributed by atoms with Gasteiger partial charge in [-0.3, -0.25) is 4.79 Å². The van der Waals surface area contributed by atoms with Crippen LogP contribution in [0.5, 0.6) is 0 Å². The van der Waals surface area contributed by atoms with Crippen molar-refractivity contribution in [3.8, 4) is 0 Å². The second-order valence-electron chi connectivity index (χ2n) is 8.89.